The van der Waals surface area contributed by atoms with Crippen LogP contribution in [-0.2, 0) is 9.59 Å². The predicted molar refractivity (Wildman–Crippen MR) is 151 cm³/mol. The molecular formula is C24H18Cl4N4O2S2. The highest BCUT2D eigenvalue weighted by molar-refractivity contribution is 7.14. The Balaban J connectivity index is 1.19. The number of nitrogens with zero attached hydrogens (tertiary/aromatic N) is 2. The minimum Gasteiger partial charge on any atom is -0.302 e. The minimum absolute atomic E-state index is 0.156. The largest absolute Gasteiger partial charge is 0.302 e. The van der Waals surface area contributed by atoms with Crippen LogP contribution in [0.2, 0.25) is 20.1 Å². The second-order valence-electron chi connectivity index (χ2n) is 7.64. The van der Waals surface area contributed by atoms with E-state index in [0.717, 1.165) is 11.1 Å². The highest BCUT2D eigenvalue weighted by Crippen LogP contribution is 2.32. The summed E-state index contributed by atoms with van der Waals surface area (Å²) in [7, 11) is 0. The van der Waals surface area contributed by atoms with Gasteiger partial charge in [-0.05, 0) is 37.1 Å². The summed E-state index contributed by atoms with van der Waals surface area (Å²) in [6.07, 6.45) is 1.70. The van der Waals surface area contributed by atoms with Gasteiger partial charge in [-0.3, -0.25) is 9.59 Å². The summed E-state index contributed by atoms with van der Waals surface area (Å²) in [5.41, 5.74) is 3.04. The number of rotatable bonds is 9. The number of aromatic nitrogens is 2. The van der Waals surface area contributed by atoms with Crippen LogP contribution >= 0.6 is 69.1 Å². The smallest absolute Gasteiger partial charge is 0.226 e. The molecule has 0 aliphatic carbocycles. The van der Waals surface area contributed by atoms with Crippen LogP contribution in [0.5, 0.6) is 0 Å². The van der Waals surface area contributed by atoms with Crippen molar-refractivity contribution in [2.45, 2.75) is 25.7 Å². The second-order valence-corrected chi connectivity index (χ2v) is 11.0. The number of amides is 2. The van der Waals surface area contributed by atoms with Gasteiger partial charge in [-0.2, -0.15) is 0 Å². The first-order valence-corrected chi connectivity index (χ1v) is 14.0. The van der Waals surface area contributed by atoms with E-state index in [4.69, 9.17) is 46.4 Å². The Bertz CT molecular complexity index is 1300. The van der Waals surface area contributed by atoms with Crippen molar-refractivity contribution < 1.29 is 9.59 Å². The number of carbonyl (C=O) groups is 2. The molecule has 0 saturated carbocycles. The molecule has 6 nitrogen and oxygen atoms in total. The van der Waals surface area contributed by atoms with Crippen molar-refractivity contribution in [1.29, 1.82) is 0 Å². The molecule has 2 heterocycles. The first-order chi connectivity index (χ1) is 17.3. The zero-order valence-corrected chi connectivity index (χ0v) is 23.1. The quantitative estimate of drug-likeness (QED) is 0.188. The molecule has 2 aromatic carbocycles. The van der Waals surface area contributed by atoms with E-state index in [9.17, 15) is 9.59 Å². The van der Waals surface area contributed by atoms with E-state index in [-0.39, 0.29) is 24.7 Å². The number of hydrogen-bond acceptors (Lipinski definition) is 6. The molecule has 0 aliphatic rings. The van der Waals surface area contributed by atoms with Crippen molar-refractivity contribution in [3.05, 3.63) is 67.2 Å². The summed E-state index contributed by atoms with van der Waals surface area (Å²) in [4.78, 5) is 33.4. The van der Waals surface area contributed by atoms with Gasteiger partial charge in [0, 0.05) is 34.7 Å². The SMILES string of the molecule is O=C(CCCCC(=O)Nc1nc(-c2ccc(Cl)c(Cl)c2)cs1)Nc1nc(-c2ccc(Cl)c(Cl)c2)cs1. The Kier molecular flexibility index (Phi) is 9.22. The van der Waals surface area contributed by atoms with Crippen molar-refractivity contribution in [3.63, 3.8) is 0 Å². The van der Waals surface area contributed by atoms with Crippen LogP contribution in [-0.4, -0.2) is 21.8 Å². The van der Waals surface area contributed by atoms with E-state index in [2.05, 4.69) is 20.6 Å². The maximum atomic E-state index is 12.3. The van der Waals surface area contributed by atoms with Crippen LogP contribution in [0.4, 0.5) is 10.3 Å². The van der Waals surface area contributed by atoms with Gasteiger partial charge in [-0.1, -0.05) is 58.5 Å². The van der Waals surface area contributed by atoms with E-state index < -0.39 is 0 Å². The van der Waals surface area contributed by atoms with Crippen LogP contribution in [0.1, 0.15) is 25.7 Å². The van der Waals surface area contributed by atoms with Crippen LogP contribution in [0.25, 0.3) is 22.5 Å². The summed E-state index contributed by atoms with van der Waals surface area (Å²) in [6.45, 7) is 0. The molecule has 0 bridgehead atoms. The average molecular weight is 600 g/mol. The van der Waals surface area contributed by atoms with Gasteiger partial charge in [-0.15, -0.1) is 22.7 Å². The number of benzene rings is 2. The summed E-state index contributed by atoms with van der Waals surface area (Å²) < 4.78 is 0. The molecule has 0 aliphatic heterocycles. The van der Waals surface area contributed by atoms with Crippen LogP contribution in [0.3, 0.4) is 0 Å². The Labute approximate surface area is 235 Å². The molecule has 186 valence electrons. The number of thiazole rings is 2. The zero-order chi connectivity index (χ0) is 25.7. The maximum absolute atomic E-state index is 12.3. The number of unbranched alkanes of at least 4 members (excludes halogenated alkanes) is 1. The molecule has 12 heteroatoms. The number of carbonyl (C=O) groups excluding carboxylic acids is 2. The Morgan fingerprint density at radius 2 is 1.08 bits per heavy atom. The highest BCUT2D eigenvalue weighted by atomic mass is 35.5. The third-order valence-corrected chi connectivity index (χ3v) is 7.98. The fourth-order valence-electron chi connectivity index (χ4n) is 3.17. The van der Waals surface area contributed by atoms with E-state index in [1.165, 1.54) is 22.7 Å². The Morgan fingerprint density at radius 3 is 1.47 bits per heavy atom. The standard InChI is InChI=1S/C24H18Cl4N4O2S2/c25-15-7-5-13(9-17(15)27)19-11-35-23(29-19)31-21(33)3-1-2-4-22(34)32-24-30-20(12-36-24)14-6-8-16(26)18(28)10-14/h5-12H,1-4H2,(H,29,31,33)(H,30,32,34). The third-order valence-electron chi connectivity index (χ3n) is 4.99. The minimum atomic E-state index is -0.156. The average Bonchev–Trinajstić information content (AvgIpc) is 3.50. The molecule has 2 aromatic heterocycles. The van der Waals surface area contributed by atoms with Crippen molar-refractivity contribution in [1.82, 2.24) is 9.97 Å². The lowest BCUT2D eigenvalue weighted by atomic mass is 10.2. The topological polar surface area (TPSA) is 84.0 Å². The first-order valence-electron chi connectivity index (χ1n) is 10.7. The fourth-order valence-corrected chi connectivity index (χ4v) is 5.24. The normalized spacial score (nSPS) is 10.9. The Morgan fingerprint density at radius 1 is 0.667 bits per heavy atom. The van der Waals surface area contributed by atoms with Crippen LogP contribution in [0.15, 0.2) is 47.2 Å². The lowest BCUT2D eigenvalue weighted by Gasteiger charge is -2.03. The van der Waals surface area contributed by atoms with Gasteiger partial charge in [0.1, 0.15) is 0 Å². The summed E-state index contributed by atoms with van der Waals surface area (Å²) >= 11 is 26.7. The maximum Gasteiger partial charge on any atom is 0.226 e. The van der Waals surface area contributed by atoms with Gasteiger partial charge in [0.15, 0.2) is 10.3 Å². The van der Waals surface area contributed by atoms with Crippen LogP contribution < -0.4 is 10.6 Å². The molecule has 2 amide bonds. The van der Waals surface area contributed by atoms with E-state index >= 15 is 0 Å². The van der Waals surface area contributed by atoms with Gasteiger partial charge < -0.3 is 10.6 Å². The molecule has 4 rings (SSSR count). The van der Waals surface area contributed by atoms with Crippen molar-refractivity contribution in [2.24, 2.45) is 0 Å². The zero-order valence-electron chi connectivity index (χ0n) is 18.5. The molecule has 0 spiro atoms. The summed E-state index contributed by atoms with van der Waals surface area (Å²) in [6, 6.07) is 10.5. The van der Waals surface area contributed by atoms with Gasteiger partial charge >= 0.3 is 0 Å². The molecule has 0 saturated heterocycles. The number of halogens is 4. The lowest BCUT2D eigenvalue weighted by molar-refractivity contribution is -0.118. The monoisotopic (exact) mass is 598 g/mol. The first kappa shape index (κ1) is 26.9. The van der Waals surface area contributed by atoms with Crippen molar-refractivity contribution in [2.75, 3.05) is 10.6 Å². The Hall–Kier alpha value is -2.20. The van der Waals surface area contributed by atoms with Gasteiger partial charge in [0.05, 0.1) is 31.5 Å². The van der Waals surface area contributed by atoms with E-state index in [1.54, 1.807) is 24.3 Å². The highest BCUT2D eigenvalue weighted by Gasteiger charge is 2.12. The molecule has 4 aromatic rings. The van der Waals surface area contributed by atoms with Gasteiger partial charge in [-0.25, -0.2) is 9.97 Å². The van der Waals surface area contributed by atoms with E-state index in [0.29, 0.717) is 54.6 Å². The molecule has 2 N–H and O–H groups in total. The molecule has 36 heavy (non-hydrogen) atoms. The number of anilines is 2. The molecule has 0 unspecified atom stereocenters. The van der Waals surface area contributed by atoms with Gasteiger partial charge in [0.25, 0.3) is 0 Å². The third kappa shape index (κ3) is 7.18. The van der Waals surface area contributed by atoms with Crippen molar-refractivity contribution in [3.8, 4) is 22.5 Å². The summed E-state index contributed by atoms with van der Waals surface area (Å²) in [5, 5.41) is 12.1. The van der Waals surface area contributed by atoms with Crippen molar-refractivity contribution >= 4 is 91.2 Å². The number of hydrogen-bond donors (Lipinski definition) is 2. The predicted octanol–water partition coefficient (Wildman–Crippen LogP) is 8.68. The van der Waals surface area contributed by atoms with E-state index in [1.807, 2.05) is 22.9 Å². The second kappa shape index (κ2) is 12.4. The van der Waals surface area contributed by atoms with Gasteiger partial charge in [0.2, 0.25) is 11.8 Å². The number of nitrogens with one attached hydrogen (secondary N) is 2. The molecule has 0 fully saturated rings. The molecular weight excluding hydrogens is 582 g/mol. The molecule has 0 atom stereocenters. The fraction of sp³-hybridized carbons (Fsp3) is 0.167. The lowest BCUT2D eigenvalue weighted by Crippen LogP contribution is -2.13. The summed E-state index contributed by atoms with van der Waals surface area (Å²) in [5.74, 6) is -0.312. The van der Waals surface area contributed by atoms with Crippen LogP contribution in [0, 0.1) is 0 Å². The molecule has 0 radical (unpaired) electrons.